The largest absolute Gasteiger partial charge is 0.493 e. The van der Waals surface area contributed by atoms with Gasteiger partial charge in [0.05, 0.1) is 30.8 Å². The number of methoxy groups -OCH3 is 1. The highest BCUT2D eigenvalue weighted by Crippen LogP contribution is 2.31. The van der Waals surface area contributed by atoms with Crippen LogP contribution in [0.1, 0.15) is 19.3 Å². The first-order valence-corrected chi connectivity index (χ1v) is 6.27. The Balaban J connectivity index is 1.93. The van der Waals surface area contributed by atoms with E-state index in [-0.39, 0.29) is 11.8 Å². The number of nitrogens with zero attached hydrogens (tertiary/aromatic N) is 1. The van der Waals surface area contributed by atoms with Crippen LogP contribution in [0.4, 0.5) is 5.69 Å². The number of nitro benzene ring substituents is 1. The Morgan fingerprint density at radius 3 is 2.95 bits per heavy atom. The molecule has 1 unspecified atom stereocenters. The molecular weight excluding hydrogens is 250 g/mol. The molecule has 1 aliphatic rings. The first kappa shape index (κ1) is 13.6. The maximum Gasteiger partial charge on any atom is 0.273 e. The van der Waals surface area contributed by atoms with Gasteiger partial charge < -0.3 is 14.2 Å². The maximum absolute atomic E-state index is 10.7. The smallest absolute Gasteiger partial charge is 0.273 e. The summed E-state index contributed by atoms with van der Waals surface area (Å²) in [6.07, 6.45) is 3.26. The molecule has 2 rings (SSSR count). The lowest BCUT2D eigenvalue weighted by molar-refractivity contribution is -0.385. The van der Waals surface area contributed by atoms with E-state index in [9.17, 15) is 10.1 Å². The quantitative estimate of drug-likeness (QED) is 0.585. The van der Waals surface area contributed by atoms with Gasteiger partial charge in [0.15, 0.2) is 11.5 Å². The molecule has 1 aliphatic heterocycles. The summed E-state index contributed by atoms with van der Waals surface area (Å²) in [6, 6.07) is 4.33. The van der Waals surface area contributed by atoms with Gasteiger partial charge in [-0.15, -0.1) is 0 Å². The molecule has 0 radical (unpaired) electrons. The van der Waals surface area contributed by atoms with Crippen molar-refractivity contribution in [3.8, 4) is 11.5 Å². The van der Waals surface area contributed by atoms with Crippen LogP contribution in [0.15, 0.2) is 18.2 Å². The van der Waals surface area contributed by atoms with Gasteiger partial charge in [-0.25, -0.2) is 0 Å². The molecule has 104 valence electrons. The normalized spacial score (nSPS) is 18.3. The molecule has 0 bridgehead atoms. The van der Waals surface area contributed by atoms with Gasteiger partial charge in [-0.3, -0.25) is 10.1 Å². The zero-order valence-corrected chi connectivity index (χ0v) is 10.8. The summed E-state index contributed by atoms with van der Waals surface area (Å²) >= 11 is 0. The third-order valence-electron chi connectivity index (χ3n) is 3.08. The van der Waals surface area contributed by atoms with E-state index in [1.54, 1.807) is 6.07 Å². The molecule has 1 atom stereocenters. The summed E-state index contributed by atoms with van der Waals surface area (Å²) in [5, 5.41) is 10.7. The summed E-state index contributed by atoms with van der Waals surface area (Å²) < 4.78 is 16.2. The number of rotatable bonds is 6. The van der Waals surface area contributed by atoms with Crippen molar-refractivity contribution in [1.29, 1.82) is 0 Å². The van der Waals surface area contributed by atoms with Gasteiger partial charge in [-0.05, 0) is 18.9 Å². The second kappa shape index (κ2) is 6.38. The van der Waals surface area contributed by atoms with E-state index in [0.29, 0.717) is 18.1 Å². The third kappa shape index (κ3) is 3.57. The van der Waals surface area contributed by atoms with Crippen LogP contribution in [-0.4, -0.2) is 31.4 Å². The first-order valence-electron chi connectivity index (χ1n) is 6.27. The van der Waals surface area contributed by atoms with Gasteiger partial charge in [0.25, 0.3) is 5.69 Å². The molecule has 0 N–H and O–H groups in total. The number of hydrogen-bond acceptors (Lipinski definition) is 5. The summed E-state index contributed by atoms with van der Waals surface area (Å²) in [6.45, 7) is 1.34. The van der Waals surface area contributed by atoms with Crippen molar-refractivity contribution in [2.45, 2.75) is 25.4 Å². The van der Waals surface area contributed by atoms with E-state index in [2.05, 4.69) is 0 Å². The van der Waals surface area contributed by atoms with Crippen LogP contribution in [0.25, 0.3) is 0 Å². The van der Waals surface area contributed by atoms with Crippen LogP contribution in [0.3, 0.4) is 0 Å². The lowest BCUT2D eigenvalue weighted by atomic mass is 10.2. The lowest BCUT2D eigenvalue weighted by Gasteiger charge is -2.12. The minimum Gasteiger partial charge on any atom is -0.493 e. The highest BCUT2D eigenvalue weighted by molar-refractivity contribution is 5.48. The lowest BCUT2D eigenvalue weighted by Crippen LogP contribution is -2.11. The van der Waals surface area contributed by atoms with Gasteiger partial charge in [0, 0.05) is 19.1 Å². The molecule has 1 heterocycles. The fraction of sp³-hybridized carbons (Fsp3) is 0.538. The van der Waals surface area contributed by atoms with Crippen LogP contribution < -0.4 is 9.47 Å². The second-order valence-electron chi connectivity index (χ2n) is 4.36. The zero-order chi connectivity index (χ0) is 13.7. The van der Waals surface area contributed by atoms with E-state index >= 15 is 0 Å². The summed E-state index contributed by atoms with van der Waals surface area (Å²) in [5.74, 6) is 0.896. The molecule has 19 heavy (non-hydrogen) atoms. The Morgan fingerprint density at radius 1 is 1.47 bits per heavy atom. The Bertz CT molecular complexity index is 443. The molecule has 1 aromatic carbocycles. The summed E-state index contributed by atoms with van der Waals surface area (Å²) in [5.41, 5.74) is -0.0108. The van der Waals surface area contributed by atoms with Crippen molar-refractivity contribution < 1.29 is 19.1 Å². The average molecular weight is 267 g/mol. The van der Waals surface area contributed by atoms with Crippen molar-refractivity contribution >= 4 is 5.69 Å². The number of benzene rings is 1. The molecule has 0 saturated carbocycles. The number of ether oxygens (including phenoxy) is 3. The molecule has 1 fully saturated rings. The van der Waals surface area contributed by atoms with Gasteiger partial charge in [0.2, 0.25) is 0 Å². The highest BCUT2D eigenvalue weighted by atomic mass is 16.6. The van der Waals surface area contributed by atoms with Crippen LogP contribution in [0, 0.1) is 10.1 Å². The standard InChI is InChI=1S/C13H17NO5/c1-17-13-9-10(14(15)16)4-5-12(13)19-8-6-11-3-2-7-18-11/h4-5,9,11H,2-3,6-8H2,1H3. The highest BCUT2D eigenvalue weighted by Gasteiger charge is 2.16. The van der Waals surface area contributed by atoms with Gasteiger partial charge >= 0.3 is 0 Å². The summed E-state index contributed by atoms with van der Waals surface area (Å²) in [4.78, 5) is 10.2. The van der Waals surface area contributed by atoms with Crippen molar-refractivity contribution in [3.63, 3.8) is 0 Å². The van der Waals surface area contributed by atoms with Crippen molar-refractivity contribution in [2.75, 3.05) is 20.3 Å². The first-order chi connectivity index (χ1) is 9.20. The van der Waals surface area contributed by atoms with Crippen LogP contribution >= 0.6 is 0 Å². The van der Waals surface area contributed by atoms with Crippen molar-refractivity contribution in [2.24, 2.45) is 0 Å². The predicted molar refractivity (Wildman–Crippen MR) is 68.7 cm³/mol. The molecule has 0 spiro atoms. The van der Waals surface area contributed by atoms with Crippen LogP contribution in [-0.2, 0) is 4.74 Å². The Hall–Kier alpha value is -1.82. The van der Waals surface area contributed by atoms with E-state index in [1.807, 2.05) is 0 Å². The van der Waals surface area contributed by atoms with E-state index in [4.69, 9.17) is 14.2 Å². The maximum atomic E-state index is 10.7. The molecule has 0 aliphatic carbocycles. The Kier molecular flexibility index (Phi) is 4.57. The molecule has 1 saturated heterocycles. The van der Waals surface area contributed by atoms with Gasteiger partial charge in [0.1, 0.15) is 0 Å². The second-order valence-corrected chi connectivity index (χ2v) is 4.36. The van der Waals surface area contributed by atoms with Gasteiger partial charge in [-0.2, -0.15) is 0 Å². The number of non-ortho nitro benzene ring substituents is 1. The molecule has 6 nitrogen and oxygen atoms in total. The summed E-state index contributed by atoms with van der Waals surface area (Å²) in [7, 11) is 1.46. The Morgan fingerprint density at radius 2 is 2.32 bits per heavy atom. The molecule has 0 amide bonds. The molecule has 1 aromatic rings. The van der Waals surface area contributed by atoms with E-state index < -0.39 is 4.92 Å². The Labute approximate surface area is 111 Å². The fourth-order valence-corrected chi connectivity index (χ4v) is 2.06. The number of hydrogen-bond donors (Lipinski definition) is 0. The van der Waals surface area contributed by atoms with Crippen LogP contribution in [0.2, 0.25) is 0 Å². The molecular formula is C13H17NO5. The minimum atomic E-state index is -0.460. The van der Waals surface area contributed by atoms with E-state index in [0.717, 1.165) is 25.9 Å². The van der Waals surface area contributed by atoms with E-state index in [1.165, 1.54) is 19.2 Å². The fourth-order valence-electron chi connectivity index (χ4n) is 2.06. The minimum absolute atomic E-state index is 0.0108. The topological polar surface area (TPSA) is 70.8 Å². The molecule has 0 aromatic heterocycles. The van der Waals surface area contributed by atoms with Crippen LogP contribution in [0.5, 0.6) is 11.5 Å². The zero-order valence-electron chi connectivity index (χ0n) is 10.8. The monoisotopic (exact) mass is 267 g/mol. The van der Waals surface area contributed by atoms with Crippen molar-refractivity contribution in [1.82, 2.24) is 0 Å². The third-order valence-corrected chi connectivity index (χ3v) is 3.08. The average Bonchev–Trinajstić information content (AvgIpc) is 2.92. The van der Waals surface area contributed by atoms with Crippen molar-refractivity contribution in [3.05, 3.63) is 28.3 Å². The SMILES string of the molecule is COc1cc([N+](=O)[O-])ccc1OCCC1CCCO1. The predicted octanol–water partition coefficient (Wildman–Crippen LogP) is 2.55. The molecule has 6 heteroatoms. The van der Waals surface area contributed by atoms with Gasteiger partial charge in [-0.1, -0.05) is 0 Å². The number of nitro groups is 1.